The lowest BCUT2D eigenvalue weighted by Crippen LogP contribution is -2.32. The number of thioether (sulfide) groups is 1. The van der Waals surface area contributed by atoms with Crippen LogP contribution in [0.5, 0.6) is 5.88 Å². The number of fused-ring (bicyclic) bond motifs is 2. The highest BCUT2D eigenvalue weighted by Gasteiger charge is 2.36. The van der Waals surface area contributed by atoms with E-state index >= 15 is 0 Å². The van der Waals surface area contributed by atoms with Crippen LogP contribution in [0.4, 0.5) is 0 Å². The van der Waals surface area contributed by atoms with Crippen molar-refractivity contribution in [2.75, 3.05) is 5.75 Å². The number of allylic oxidation sites excluding steroid dienone is 1. The van der Waals surface area contributed by atoms with Crippen LogP contribution in [0.15, 0.2) is 38.9 Å². The van der Waals surface area contributed by atoms with E-state index in [0.717, 1.165) is 10.6 Å². The molecule has 2 N–H and O–H groups in total. The second-order valence-corrected chi connectivity index (χ2v) is 6.90. The van der Waals surface area contributed by atoms with Gasteiger partial charge in [-0.2, -0.15) is 10.2 Å². The largest absolute Gasteiger partial charge is 0.422 e. The van der Waals surface area contributed by atoms with E-state index in [9.17, 15) is 10.1 Å². The second kappa shape index (κ2) is 4.90. The zero-order chi connectivity index (χ0) is 15.3. The Morgan fingerprint density at radius 2 is 2.41 bits per heavy atom. The van der Waals surface area contributed by atoms with E-state index in [1.807, 2.05) is 17.5 Å². The van der Waals surface area contributed by atoms with Crippen LogP contribution in [0.25, 0.3) is 0 Å². The lowest BCUT2D eigenvalue weighted by molar-refractivity contribution is 0.365. The van der Waals surface area contributed by atoms with Crippen LogP contribution in [-0.4, -0.2) is 15.3 Å². The Kier molecular flexibility index (Phi) is 2.99. The maximum absolute atomic E-state index is 12.8. The third-order valence-corrected chi connectivity index (χ3v) is 5.57. The van der Waals surface area contributed by atoms with Crippen molar-refractivity contribution in [3.63, 3.8) is 0 Å². The SMILES string of the molecule is N#CC1=C(N)Oc2nc3n(c(=O)c2C1c1cccs1)CCS3. The predicted molar refractivity (Wildman–Crippen MR) is 82.8 cm³/mol. The first kappa shape index (κ1) is 13.4. The topological polar surface area (TPSA) is 93.9 Å². The minimum Gasteiger partial charge on any atom is -0.422 e. The summed E-state index contributed by atoms with van der Waals surface area (Å²) < 4.78 is 7.11. The summed E-state index contributed by atoms with van der Waals surface area (Å²) >= 11 is 2.99. The standard InChI is InChI=1S/C14H10N4O2S2/c15-6-7-9(8-2-1-4-21-8)10-12(20-11(7)16)17-14-18(13(10)19)3-5-22-14/h1-2,4,9H,3,5,16H2. The predicted octanol–water partition coefficient (Wildman–Crippen LogP) is 1.63. The molecular formula is C14H10N4O2S2. The molecule has 4 heterocycles. The molecule has 6 nitrogen and oxygen atoms in total. The summed E-state index contributed by atoms with van der Waals surface area (Å²) in [7, 11) is 0. The lowest BCUT2D eigenvalue weighted by Gasteiger charge is -2.24. The minimum absolute atomic E-state index is 0.0215. The zero-order valence-corrected chi connectivity index (χ0v) is 12.9. The van der Waals surface area contributed by atoms with Crippen molar-refractivity contribution in [1.82, 2.24) is 9.55 Å². The zero-order valence-electron chi connectivity index (χ0n) is 11.3. The molecule has 0 spiro atoms. The average molecular weight is 330 g/mol. The van der Waals surface area contributed by atoms with E-state index < -0.39 is 5.92 Å². The number of thiophene rings is 1. The average Bonchev–Trinajstić information content (AvgIpc) is 3.17. The first-order valence-electron chi connectivity index (χ1n) is 6.59. The molecule has 2 aliphatic rings. The van der Waals surface area contributed by atoms with Crippen molar-refractivity contribution in [3.05, 3.63) is 49.8 Å². The fourth-order valence-electron chi connectivity index (χ4n) is 2.70. The van der Waals surface area contributed by atoms with Crippen LogP contribution < -0.4 is 16.0 Å². The highest BCUT2D eigenvalue weighted by atomic mass is 32.2. The van der Waals surface area contributed by atoms with Crippen molar-refractivity contribution < 1.29 is 4.74 Å². The van der Waals surface area contributed by atoms with E-state index in [1.165, 1.54) is 23.1 Å². The van der Waals surface area contributed by atoms with E-state index in [-0.39, 0.29) is 22.9 Å². The van der Waals surface area contributed by atoms with Gasteiger partial charge in [-0.3, -0.25) is 9.36 Å². The van der Waals surface area contributed by atoms with Crippen LogP contribution in [-0.2, 0) is 6.54 Å². The van der Waals surface area contributed by atoms with E-state index in [4.69, 9.17) is 10.5 Å². The van der Waals surface area contributed by atoms with Gasteiger partial charge in [0.1, 0.15) is 11.6 Å². The molecule has 0 saturated heterocycles. The molecule has 4 rings (SSSR count). The number of nitriles is 1. The number of hydrogen-bond acceptors (Lipinski definition) is 7. The molecule has 1 atom stereocenters. The molecule has 0 bridgehead atoms. The molecular weight excluding hydrogens is 320 g/mol. The van der Waals surface area contributed by atoms with Crippen molar-refractivity contribution in [1.29, 1.82) is 5.26 Å². The van der Waals surface area contributed by atoms with Crippen molar-refractivity contribution in [2.24, 2.45) is 5.73 Å². The van der Waals surface area contributed by atoms with Crippen LogP contribution in [0.3, 0.4) is 0 Å². The van der Waals surface area contributed by atoms with Gasteiger partial charge in [0.25, 0.3) is 5.56 Å². The van der Waals surface area contributed by atoms with Crippen molar-refractivity contribution in [2.45, 2.75) is 17.6 Å². The maximum Gasteiger partial charge on any atom is 0.262 e. The smallest absolute Gasteiger partial charge is 0.262 e. The molecule has 0 aliphatic carbocycles. The van der Waals surface area contributed by atoms with Crippen LogP contribution in [0.2, 0.25) is 0 Å². The maximum atomic E-state index is 12.8. The Hall–Kier alpha value is -2.24. The summed E-state index contributed by atoms with van der Waals surface area (Å²) in [6, 6.07) is 5.86. The lowest BCUT2D eigenvalue weighted by atomic mass is 9.90. The van der Waals surface area contributed by atoms with Crippen LogP contribution in [0, 0.1) is 11.3 Å². The fourth-order valence-corrected chi connectivity index (χ4v) is 4.47. The Morgan fingerprint density at radius 1 is 1.55 bits per heavy atom. The Bertz CT molecular complexity index is 893. The van der Waals surface area contributed by atoms with Gasteiger partial charge in [0.2, 0.25) is 11.8 Å². The van der Waals surface area contributed by atoms with Gasteiger partial charge in [0.05, 0.1) is 11.5 Å². The number of ether oxygens (including phenoxy) is 1. The molecule has 8 heteroatoms. The number of rotatable bonds is 1. The van der Waals surface area contributed by atoms with Gasteiger partial charge in [0.15, 0.2) is 5.16 Å². The number of nitrogens with zero attached hydrogens (tertiary/aromatic N) is 3. The Labute approximate surface area is 133 Å². The molecule has 110 valence electrons. The third kappa shape index (κ3) is 1.79. The van der Waals surface area contributed by atoms with Gasteiger partial charge in [-0.05, 0) is 11.4 Å². The Morgan fingerprint density at radius 3 is 3.14 bits per heavy atom. The van der Waals surface area contributed by atoms with E-state index in [0.29, 0.717) is 17.3 Å². The van der Waals surface area contributed by atoms with Gasteiger partial charge >= 0.3 is 0 Å². The molecule has 0 saturated carbocycles. The molecule has 1 unspecified atom stereocenters. The van der Waals surface area contributed by atoms with Gasteiger partial charge in [-0.1, -0.05) is 17.8 Å². The monoisotopic (exact) mass is 330 g/mol. The van der Waals surface area contributed by atoms with Crippen molar-refractivity contribution >= 4 is 23.1 Å². The van der Waals surface area contributed by atoms with Crippen molar-refractivity contribution in [3.8, 4) is 11.9 Å². The number of hydrogen-bond donors (Lipinski definition) is 1. The first-order chi connectivity index (χ1) is 10.7. The van der Waals surface area contributed by atoms with Gasteiger partial charge in [-0.15, -0.1) is 11.3 Å². The summed E-state index contributed by atoms with van der Waals surface area (Å²) in [6.45, 7) is 0.622. The molecule has 2 aromatic heterocycles. The summed E-state index contributed by atoms with van der Waals surface area (Å²) in [6.07, 6.45) is 0. The normalized spacial score (nSPS) is 19.3. The second-order valence-electron chi connectivity index (χ2n) is 4.86. The highest BCUT2D eigenvalue weighted by Crippen LogP contribution is 2.41. The van der Waals surface area contributed by atoms with Crippen LogP contribution in [0.1, 0.15) is 16.4 Å². The summed E-state index contributed by atoms with van der Waals surface area (Å²) in [5, 5.41) is 12.0. The first-order valence-corrected chi connectivity index (χ1v) is 8.45. The molecule has 0 radical (unpaired) electrons. The third-order valence-electron chi connectivity index (χ3n) is 3.68. The summed E-state index contributed by atoms with van der Waals surface area (Å²) in [4.78, 5) is 18.1. The fraction of sp³-hybridized carbons (Fsp3) is 0.214. The van der Waals surface area contributed by atoms with Gasteiger partial charge in [0, 0.05) is 17.2 Å². The van der Waals surface area contributed by atoms with Crippen LogP contribution >= 0.6 is 23.1 Å². The molecule has 22 heavy (non-hydrogen) atoms. The summed E-state index contributed by atoms with van der Waals surface area (Å²) in [5.74, 6) is 0.550. The van der Waals surface area contributed by atoms with Gasteiger partial charge in [-0.25, -0.2) is 0 Å². The molecule has 0 amide bonds. The summed E-state index contributed by atoms with van der Waals surface area (Å²) in [5.41, 5.74) is 6.40. The quantitative estimate of drug-likeness (QED) is 0.799. The van der Waals surface area contributed by atoms with Gasteiger partial charge < -0.3 is 10.5 Å². The number of nitrogens with two attached hydrogens (primary N) is 1. The van der Waals surface area contributed by atoms with E-state index in [1.54, 1.807) is 4.57 Å². The highest BCUT2D eigenvalue weighted by molar-refractivity contribution is 7.99. The minimum atomic E-state index is -0.503. The van der Waals surface area contributed by atoms with E-state index in [2.05, 4.69) is 11.1 Å². The molecule has 2 aromatic rings. The molecule has 0 fully saturated rings. The number of aromatic nitrogens is 2. The molecule has 0 aromatic carbocycles. The Balaban J connectivity index is 2.03. The molecule has 2 aliphatic heterocycles.